The van der Waals surface area contributed by atoms with Gasteiger partial charge in [0.1, 0.15) is 0 Å². The van der Waals surface area contributed by atoms with Crippen molar-refractivity contribution >= 4 is 65.6 Å². The summed E-state index contributed by atoms with van der Waals surface area (Å²) in [7, 11) is 0. The van der Waals surface area contributed by atoms with Gasteiger partial charge in [-0.05, 0) is 60.9 Å². The quantitative estimate of drug-likeness (QED) is 0.445. The number of aromatic hydroxyl groups is 1. The maximum atomic E-state index is 9.63. The Kier molecular flexibility index (Phi) is 9.17. The second kappa shape index (κ2) is 10.9. The van der Waals surface area contributed by atoms with Gasteiger partial charge in [-0.15, -0.1) is 24.8 Å². The topological polar surface area (TPSA) is 35.8 Å². The number of benzene rings is 2. The number of anilines is 1. The van der Waals surface area contributed by atoms with Gasteiger partial charge in [-0.1, -0.05) is 54.6 Å². The van der Waals surface area contributed by atoms with Gasteiger partial charge in [0.15, 0.2) is 5.75 Å². The highest BCUT2D eigenvalue weighted by Gasteiger charge is 2.35. The molecule has 1 aliphatic heterocycles. The molecule has 2 fully saturated rings. The van der Waals surface area contributed by atoms with Crippen molar-refractivity contribution < 1.29 is 5.11 Å². The molecule has 2 aliphatic rings. The highest BCUT2D eigenvalue weighted by Crippen LogP contribution is 2.45. The number of phenolic OH excluding ortho intramolecular Hbond substituents is 1. The van der Waals surface area contributed by atoms with Crippen molar-refractivity contribution in [3.05, 3.63) is 52.0 Å². The highest BCUT2D eigenvalue weighted by molar-refractivity contribution is 6.37. The first-order valence-corrected chi connectivity index (χ1v) is 10.9. The van der Waals surface area contributed by atoms with E-state index in [0.29, 0.717) is 11.1 Å². The molecule has 0 radical (unpaired) electrons. The van der Waals surface area contributed by atoms with Gasteiger partial charge < -0.3 is 10.0 Å². The maximum absolute atomic E-state index is 9.63. The van der Waals surface area contributed by atoms with Crippen LogP contribution in [0.15, 0.2) is 41.4 Å². The Morgan fingerprint density at radius 1 is 0.867 bits per heavy atom. The lowest BCUT2D eigenvalue weighted by Gasteiger charge is -2.45. The summed E-state index contributed by atoms with van der Waals surface area (Å²) >= 11 is 11.9. The molecule has 0 bridgehead atoms. The second-order valence-electron chi connectivity index (χ2n) is 8.16. The lowest BCUT2D eigenvalue weighted by atomic mass is 9.68. The number of halogens is 4. The third kappa shape index (κ3) is 5.76. The van der Waals surface area contributed by atoms with Crippen LogP contribution >= 0.6 is 48.0 Å². The Bertz CT molecular complexity index is 831. The summed E-state index contributed by atoms with van der Waals surface area (Å²) in [4.78, 5) is 6.93. The zero-order chi connectivity index (χ0) is 19.6. The third-order valence-electron chi connectivity index (χ3n) is 6.36. The molecule has 1 aliphatic carbocycles. The van der Waals surface area contributed by atoms with Crippen molar-refractivity contribution in [2.75, 3.05) is 18.0 Å². The smallest absolute Gasteiger partial charge is 0.152 e. The second-order valence-corrected chi connectivity index (χ2v) is 8.97. The molecule has 0 aromatic heterocycles. The van der Waals surface area contributed by atoms with Gasteiger partial charge in [0, 0.05) is 25.0 Å². The van der Waals surface area contributed by atoms with E-state index in [9.17, 15) is 5.11 Å². The molecule has 1 spiro atoms. The van der Waals surface area contributed by atoms with Crippen molar-refractivity contribution in [3.63, 3.8) is 0 Å². The minimum Gasteiger partial charge on any atom is -0.505 e. The SMILES string of the molecule is Cl.Cl.Oc1c(Cl)cc(N=Cc2ccc(N3CCC4(CCCCC4)CC3)cc2)cc1Cl. The lowest BCUT2D eigenvalue weighted by Crippen LogP contribution is -2.41. The number of aliphatic imine (C=N–C) groups is 1. The number of hydrogen-bond donors (Lipinski definition) is 1. The van der Waals surface area contributed by atoms with E-state index in [1.807, 2.05) is 0 Å². The molecule has 4 rings (SSSR count). The molecule has 2 aromatic carbocycles. The van der Waals surface area contributed by atoms with Crippen LogP contribution in [-0.2, 0) is 0 Å². The molecule has 1 saturated heterocycles. The average molecular weight is 490 g/mol. The molecular weight excluding hydrogens is 462 g/mol. The summed E-state index contributed by atoms with van der Waals surface area (Å²) in [5.74, 6) is -0.108. The minimum absolute atomic E-state index is 0. The monoisotopic (exact) mass is 488 g/mol. The summed E-state index contributed by atoms with van der Waals surface area (Å²) in [5, 5.41) is 10.0. The Labute approximate surface area is 201 Å². The highest BCUT2D eigenvalue weighted by atomic mass is 35.5. The molecule has 1 heterocycles. The largest absolute Gasteiger partial charge is 0.505 e. The molecule has 164 valence electrons. The van der Waals surface area contributed by atoms with E-state index >= 15 is 0 Å². The van der Waals surface area contributed by atoms with Crippen molar-refractivity contribution in [2.24, 2.45) is 10.4 Å². The first-order chi connectivity index (χ1) is 13.5. The summed E-state index contributed by atoms with van der Waals surface area (Å²) in [5.41, 5.74) is 3.56. The molecule has 0 atom stereocenters. The van der Waals surface area contributed by atoms with Gasteiger partial charge in [0.05, 0.1) is 15.7 Å². The zero-order valence-corrected chi connectivity index (χ0v) is 20.0. The molecule has 30 heavy (non-hydrogen) atoms. The van der Waals surface area contributed by atoms with Crippen molar-refractivity contribution in [1.82, 2.24) is 0 Å². The summed E-state index contributed by atoms with van der Waals surface area (Å²) in [6, 6.07) is 11.7. The molecule has 1 saturated carbocycles. The fourth-order valence-electron chi connectivity index (χ4n) is 4.59. The third-order valence-corrected chi connectivity index (χ3v) is 6.94. The Morgan fingerprint density at radius 3 is 2.00 bits per heavy atom. The number of piperidine rings is 1. The van der Waals surface area contributed by atoms with Gasteiger partial charge in [-0.2, -0.15) is 0 Å². The van der Waals surface area contributed by atoms with Crippen LogP contribution in [0.4, 0.5) is 11.4 Å². The van der Waals surface area contributed by atoms with E-state index in [2.05, 4.69) is 34.2 Å². The van der Waals surface area contributed by atoms with E-state index in [0.717, 1.165) is 18.7 Å². The minimum atomic E-state index is -0.108. The van der Waals surface area contributed by atoms with Crippen molar-refractivity contribution in [3.8, 4) is 5.75 Å². The molecular formula is C23H28Cl4N2O. The Balaban J connectivity index is 0.00000160. The zero-order valence-electron chi connectivity index (χ0n) is 16.8. The van der Waals surface area contributed by atoms with Crippen LogP contribution in [0.3, 0.4) is 0 Å². The Morgan fingerprint density at radius 2 is 1.43 bits per heavy atom. The molecule has 0 unspecified atom stereocenters. The fraction of sp³-hybridized carbons (Fsp3) is 0.435. The van der Waals surface area contributed by atoms with Crippen LogP contribution in [0.1, 0.15) is 50.5 Å². The standard InChI is InChI=1S/C23H26Cl2N2O.2ClH/c24-20-14-18(15-21(25)22(20)28)26-16-17-4-6-19(7-5-17)27-12-10-23(11-13-27)8-2-1-3-9-23;;/h4-7,14-16,28H,1-3,8-13H2;2*1H. The van der Waals surface area contributed by atoms with E-state index in [1.165, 1.54) is 50.6 Å². The normalized spacial score (nSPS) is 18.1. The van der Waals surface area contributed by atoms with Crippen LogP contribution in [0.2, 0.25) is 10.0 Å². The predicted molar refractivity (Wildman–Crippen MR) is 133 cm³/mol. The van der Waals surface area contributed by atoms with E-state index in [4.69, 9.17) is 23.2 Å². The average Bonchev–Trinajstić information content (AvgIpc) is 2.72. The van der Waals surface area contributed by atoms with E-state index < -0.39 is 0 Å². The first kappa shape index (κ1) is 25.1. The molecule has 3 nitrogen and oxygen atoms in total. The van der Waals surface area contributed by atoms with Crippen LogP contribution in [0, 0.1) is 5.41 Å². The molecule has 0 amide bonds. The summed E-state index contributed by atoms with van der Waals surface area (Å²) in [6.45, 7) is 2.33. The van der Waals surface area contributed by atoms with Crippen molar-refractivity contribution in [2.45, 2.75) is 44.9 Å². The van der Waals surface area contributed by atoms with E-state index in [1.54, 1.807) is 18.3 Å². The Hall–Kier alpha value is -1.13. The van der Waals surface area contributed by atoms with Crippen LogP contribution < -0.4 is 4.90 Å². The summed E-state index contributed by atoms with van der Waals surface area (Å²) < 4.78 is 0. The van der Waals surface area contributed by atoms with Gasteiger partial charge in [-0.25, -0.2) is 0 Å². The predicted octanol–water partition coefficient (Wildman–Crippen LogP) is 7.84. The van der Waals surface area contributed by atoms with E-state index in [-0.39, 0.29) is 40.6 Å². The molecule has 2 aromatic rings. The fourth-order valence-corrected chi connectivity index (χ4v) is 5.06. The van der Waals surface area contributed by atoms with Gasteiger partial charge in [-0.3, -0.25) is 4.99 Å². The number of hydrogen-bond acceptors (Lipinski definition) is 3. The van der Waals surface area contributed by atoms with Crippen LogP contribution in [-0.4, -0.2) is 24.4 Å². The number of phenols is 1. The number of nitrogens with zero attached hydrogens (tertiary/aromatic N) is 2. The number of rotatable bonds is 3. The van der Waals surface area contributed by atoms with Gasteiger partial charge >= 0.3 is 0 Å². The lowest BCUT2D eigenvalue weighted by molar-refractivity contribution is 0.144. The molecule has 7 heteroatoms. The first-order valence-electron chi connectivity index (χ1n) is 10.1. The van der Waals surface area contributed by atoms with Crippen molar-refractivity contribution in [1.29, 1.82) is 0 Å². The van der Waals surface area contributed by atoms with Crippen LogP contribution in [0.25, 0.3) is 0 Å². The summed E-state index contributed by atoms with van der Waals surface area (Å²) in [6.07, 6.45) is 11.6. The van der Waals surface area contributed by atoms with Crippen LogP contribution in [0.5, 0.6) is 5.75 Å². The molecule has 1 N–H and O–H groups in total. The van der Waals surface area contributed by atoms with Gasteiger partial charge in [0.2, 0.25) is 0 Å². The van der Waals surface area contributed by atoms with Gasteiger partial charge in [0.25, 0.3) is 0 Å². The maximum Gasteiger partial charge on any atom is 0.152 e.